The van der Waals surface area contributed by atoms with Gasteiger partial charge in [0, 0.05) is 23.7 Å². The van der Waals surface area contributed by atoms with Crippen LogP contribution in [0.1, 0.15) is 28.9 Å². The van der Waals surface area contributed by atoms with Crippen molar-refractivity contribution in [2.75, 3.05) is 5.32 Å². The average Bonchev–Trinajstić information content (AvgIpc) is 3.45. The minimum atomic E-state index is -0.436. The molecule has 9 heteroatoms. The molecule has 0 aliphatic heterocycles. The number of carbonyl (C=O) groups excluding carboxylic acids is 2. The number of anilines is 1. The topological polar surface area (TPSA) is 88.9 Å². The highest BCUT2D eigenvalue weighted by atomic mass is 35.5. The first-order valence-electron chi connectivity index (χ1n) is 9.03. The second-order valence-electron chi connectivity index (χ2n) is 6.75. The van der Waals surface area contributed by atoms with E-state index < -0.39 is 11.7 Å². The first-order chi connectivity index (χ1) is 14.0. The summed E-state index contributed by atoms with van der Waals surface area (Å²) in [7, 11) is 0. The molecule has 2 N–H and O–H groups in total. The van der Waals surface area contributed by atoms with Crippen molar-refractivity contribution in [1.29, 1.82) is 0 Å². The van der Waals surface area contributed by atoms with Crippen molar-refractivity contribution >= 4 is 29.1 Å². The SMILES string of the molecule is O=C(NCc1ccc(F)cc1Cl)c1cn(-c2ccc(NC(=O)C3CC3)cn2)cn1. The third-order valence-electron chi connectivity index (χ3n) is 4.50. The van der Waals surface area contributed by atoms with Crippen molar-refractivity contribution in [1.82, 2.24) is 19.9 Å². The molecule has 2 amide bonds. The maximum absolute atomic E-state index is 13.1. The molecule has 0 saturated heterocycles. The number of nitrogens with zero attached hydrogens (tertiary/aromatic N) is 3. The lowest BCUT2D eigenvalue weighted by Crippen LogP contribution is -2.23. The van der Waals surface area contributed by atoms with Crippen molar-refractivity contribution in [3.8, 4) is 5.82 Å². The standard InChI is InChI=1S/C20H17ClFN5O2/c21-16-7-14(22)4-3-13(16)8-24-20(29)17-10-27(11-25-17)18-6-5-15(9-23-18)26-19(28)12-1-2-12/h3-7,9-12H,1-2,8H2,(H,24,29)(H,26,28). The molecule has 2 aromatic heterocycles. The normalized spacial score (nSPS) is 13.2. The van der Waals surface area contributed by atoms with Gasteiger partial charge in [0.2, 0.25) is 5.91 Å². The maximum Gasteiger partial charge on any atom is 0.271 e. The molecule has 3 aromatic rings. The van der Waals surface area contributed by atoms with E-state index in [0.29, 0.717) is 17.1 Å². The number of benzene rings is 1. The van der Waals surface area contributed by atoms with Gasteiger partial charge < -0.3 is 10.6 Å². The van der Waals surface area contributed by atoms with Crippen LogP contribution in [-0.4, -0.2) is 26.3 Å². The first kappa shape index (κ1) is 19.1. The van der Waals surface area contributed by atoms with Gasteiger partial charge in [-0.25, -0.2) is 14.4 Å². The number of halogens is 2. The van der Waals surface area contributed by atoms with E-state index in [2.05, 4.69) is 20.6 Å². The molecule has 0 bridgehead atoms. The summed E-state index contributed by atoms with van der Waals surface area (Å²) in [5, 5.41) is 5.76. The summed E-state index contributed by atoms with van der Waals surface area (Å²) in [5.41, 5.74) is 1.43. The molecule has 4 rings (SSSR count). The van der Waals surface area contributed by atoms with E-state index in [1.807, 2.05) is 0 Å². The number of amides is 2. The van der Waals surface area contributed by atoms with Crippen LogP contribution in [0.5, 0.6) is 0 Å². The lowest BCUT2D eigenvalue weighted by Gasteiger charge is -2.06. The monoisotopic (exact) mass is 413 g/mol. The van der Waals surface area contributed by atoms with Gasteiger partial charge in [0.25, 0.3) is 5.91 Å². The number of hydrogen-bond acceptors (Lipinski definition) is 4. The summed E-state index contributed by atoms with van der Waals surface area (Å²) in [6.45, 7) is 0.151. The maximum atomic E-state index is 13.1. The summed E-state index contributed by atoms with van der Waals surface area (Å²) in [6, 6.07) is 7.47. The Kier molecular flexibility index (Phi) is 5.26. The second kappa shape index (κ2) is 8.00. The van der Waals surface area contributed by atoms with Crippen LogP contribution < -0.4 is 10.6 Å². The summed E-state index contributed by atoms with van der Waals surface area (Å²) >= 11 is 5.96. The highest BCUT2D eigenvalue weighted by Gasteiger charge is 2.29. The van der Waals surface area contributed by atoms with E-state index in [-0.39, 0.29) is 29.1 Å². The Bertz CT molecular complexity index is 1060. The van der Waals surface area contributed by atoms with E-state index >= 15 is 0 Å². The van der Waals surface area contributed by atoms with E-state index in [1.54, 1.807) is 29.1 Å². The highest BCUT2D eigenvalue weighted by molar-refractivity contribution is 6.31. The highest BCUT2D eigenvalue weighted by Crippen LogP contribution is 2.30. The Morgan fingerprint density at radius 1 is 1.21 bits per heavy atom. The van der Waals surface area contributed by atoms with E-state index in [0.717, 1.165) is 12.8 Å². The van der Waals surface area contributed by atoms with Gasteiger partial charge in [0.1, 0.15) is 23.7 Å². The zero-order valence-corrected chi connectivity index (χ0v) is 16.0. The van der Waals surface area contributed by atoms with Gasteiger partial charge >= 0.3 is 0 Å². The van der Waals surface area contributed by atoms with Crippen LogP contribution in [0.4, 0.5) is 10.1 Å². The fourth-order valence-electron chi connectivity index (χ4n) is 2.70. The molecule has 29 heavy (non-hydrogen) atoms. The van der Waals surface area contributed by atoms with E-state index in [4.69, 9.17) is 11.6 Å². The third kappa shape index (κ3) is 4.60. The van der Waals surface area contributed by atoms with Crippen LogP contribution >= 0.6 is 11.6 Å². The third-order valence-corrected chi connectivity index (χ3v) is 4.85. The van der Waals surface area contributed by atoms with Crippen molar-refractivity contribution in [2.45, 2.75) is 19.4 Å². The van der Waals surface area contributed by atoms with Gasteiger partial charge in [-0.1, -0.05) is 17.7 Å². The van der Waals surface area contributed by atoms with Crippen LogP contribution in [0, 0.1) is 11.7 Å². The molecule has 1 saturated carbocycles. The fourth-order valence-corrected chi connectivity index (χ4v) is 2.93. The van der Waals surface area contributed by atoms with Gasteiger partial charge in [-0.05, 0) is 42.7 Å². The number of rotatable bonds is 6. The van der Waals surface area contributed by atoms with E-state index in [9.17, 15) is 14.0 Å². The molecular weight excluding hydrogens is 397 g/mol. The summed E-state index contributed by atoms with van der Waals surface area (Å²) in [4.78, 5) is 32.5. The molecule has 0 atom stereocenters. The van der Waals surface area contributed by atoms with Crippen molar-refractivity contribution in [2.24, 2.45) is 5.92 Å². The molecule has 0 spiro atoms. The molecule has 1 aliphatic rings. The van der Waals surface area contributed by atoms with Gasteiger partial charge in [-0.3, -0.25) is 14.2 Å². The average molecular weight is 414 g/mol. The Morgan fingerprint density at radius 2 is 2.03 bits per heavy atom. The fraction of sp³-hybridized carbons (Fsp3) is 0.200. The van der Waals surface area contributed by atoms with Gasteiger partial charge in [-0.2, -0.15) is 0 Å². The van der Waals surface area contributed by atoms with Crippen LogP contribution in [-0.2, 0) is 11.3 Å². The molecular formula is C20H17ClFN5O2. The van der Waals surface area contributed by atoms with Gasteiger partial charge in [-0.15, -0.1) is 0 Å². The Morgan fingerprint density at radius 3 is 2.72 bits per heavy atom. The zero-order valence-electron chi connectivity index (χ0n) is 15.2. The number of imidazole rings is 1. The quantitative estimate of drug-likeness (QED) is 0.648. The Labute approximate surface area is 170 Å². The molecule has 7 nitrogen and oxygen atoms in total. The largest absolute Gasteiger partial charge is 0.347 e. The Balaban J connectivity index is 1.38. The number of carbonyl (C=O) groups is 2. The second-order valence-corrected chi connectivity index (χ2v) is 7.16. The smallest absolute Gasteiger partial charge is 0.271 e. The molecule has 148 valence electrons. The van der Waals surface area contributed by atoms with Gasteiger partial charge in [0.05, 0.1) is 11.9 Å². The summed E-state index contributed by atoms with van der Waals surface area (Å²) < 4.78 is 14.7. The molecule has 0 unspecified atom stereocenters. The number of pyridine rings is 1. The predicted molar refractivity (Wildman–Crippen MR) is 105 cm³/mol. The van der Waals surface area contributed by atoms with Crippen molar-refractivity contribution in [3.05, 3.63) is 71.2 Å². The van der Waals surface area contributed by atoms with Gasteiger partial charge in [0.15, 0.2) is 0 Å². The molecule has 0 radical (unpaired) electrons. The zero-order chi connectivity index (χ0) is 20.4. The van der Waals surface area contributed by atoms with Crippen LogP contribution in [0.25, 0.3) is 5.82 Å². The molecule has 1 fully saturated rings. The summed E-state index contributed by atoms with van der Waals surface area (Å²) in [5.74, 6) is -0.133. The lowest BCUT2D eigenvalue weighted by atomic mass is 10.2. The predicted octanol–water partition coefficient (Wildman–Crippen LogP) is 3.34. The van der Waals surface area contributed by atoms with E-state index in [1.165, 1.54) is 24.5 Å². The minimum absolute atomic E-state index is 0.0161. The van der Waals surface area contributed by atoms with Crippen LogP contribution in [0.15, 0.2) is 49.1 Å². The lowest BCUT2D eigenvalue weighted by molar-refractivity contribution is -0.117. The number of hydrogen-bond donors (Lipinski definition) is 2. The first-order valence-corrected chi connectivity index (χ1v) is 9.41. The number of nitrogens with one attached hydrogen (secondary N) is 2. The molecule has 1 aliphatic carbocycles. The van der Waals surface area contributed by atoms with Crippen LogP contribution in [0.2, 0.25) is 5.02 Å². The number of aromatic nitrogens is 3. The van der Waals surface area contributed by atoms with Crippen molar-refractivity contribution < 1.29 is 14.0 Å². The molecule has 2 heterocycles. The Hall–Kier alpha value is -3.26. The van der Waals surface area contributed by atoms with Crippen molar-refractivity contribution in [3.63, 3.8) is 0 Å². The van der Waals surface area contributed by atoms with Crippen LogP contribution in [0.3, 0.4) is 0 Å². The molecule has 1 aromatic carbocycles. The summed E-state index contributed by atoms with van der Waals surface area (Å²) in [6.07, 6.45) is 6.46. The minimum Gasteiger partial charge on any atom is -0.347 e.